The third kappa shape index (κ3) is 3.39. The molecule has 0 aliphatic carbocycles. The zero-order valence-electron chi connectivity index (χ0n) is 9.45. The van der Waals surface area contributed by atoms with Gasteiger partial charge in [0.2, 0.25) is 0 Å². The molecule has 0 aliphatic heterocycles. The molecule has 0 heterocycles. The van der Waals surface area contributed by atoms with Crippen LogP contribution in [-0.2, 0) is 10.2 Å². The Labute approximate surface area is 96.2 Å². The molecule has 0 fully saturated rings. The average molecular weight is 243 g/mol. The lowest BCUT2D eigenvalue weighted by atomic mass is 10.2. The second kappa shape index (κ2) is 5.18. The molecule has 0 saturated heterocycles. The fourth-order valence-corrected chi connectivity index (χ4v) is 2.24. The first-order valence-electron chi connectivity index (χ1n) is 5.08. The summed E-state index contributed by atoms with van der Waals surface area (Å²) in [5.41, 5.74) is 7.48. The van der Waals surface area contributed by atoms with Gasteiger partial charge in [-0.25, -0.2) is 0 Å². The maximum absolute atomic E-state index is 11.6. The van der Waals surface area contributed by atoms with Crippen LogP contribution >= 0.6 is 0 Å². The number of rotatable bonds is 5. The first-order valence-corrected chi connectivity index (χ1v) is 6.57. The number of nitrogen functional groups attached to an aromatic ring is 1. The number of benzene rings is 1. The molecule has 0 spiro atoms. The van der Waals surface area contributed by atoms with Crippen LogP contribution < -0.4 is 15.2 Å². The molecule has 0 aromatic heterocycles. The average Bonchev–Trinajstić information content (AvgIpc) is 2.22. The first kappa shape index (κ1) is 12.8. The molecule has 6 heteroatoms. The lowest BCUT2D eigenvalue weighted by Gasteiger charge is -2.12. The summed E-state index contributed by atoms with van der Waals surface area (Å²) in [6.07, 6.45) is 0.747. The van der Waals surface area contributed by atoms with E-state index in [1.165, 1.54) is 0 Å². The van der Waals surface area contributed by atoms with Crippen LogP contribution in [0.3, 0.4) is 0 Å². The van der Waals surface area contributed by atoms with E-state index in [4.69, 9.17) is 5.73 Å². The third-order valence-corrected chi connectivity index (χ3v) is 3.23. The molecule has 0 saturated carbocycles. The second-order valence-electron chi connectivity index (χ2n) is 3.52. The zero-order chi connectivity index (χ0) is 12.2. The van der Waals surface area contributed by atoms with Crippen molar-refractivity contribution in [3.63, 3.8) is 0 Å². The summed E-state index contributed by atoms with van der Waals surface area (Å²) in [4.78, 5) is 0. The molecular weight excluding hydrogens is 226 g/mol. The van der Waals surface area contributed by atoms with Crippen molar-refractivity contribution in [3.8, 4) is 0 Å². The third-order valence-electron chi connectivity index (χ3n) is 2.16. The van der Waals surface area contributed by atoms with Crippen molar-refractivity contribution >= 4 is 21.6 Å². The van der Waals surface area contributed by atoms with Gasteiger partial charge in [0, 0.05) is 12.2 Å². The van der Waals surface area contributed by atoms with E-state index in [0.717, 1.165) is 12.0 Å². The molecule has 16 heavy (non-hydrogen) atoms. The van der Waals surface area contributed by atoms with Gasteiger partial charge >= 0.3 is 0 Å². The Hall–Kier alpha value is -1.27. The van der Waals surface area contributed by atoms with E-state index in [1.54, 1.807) is 25.1 Å². The van der Waals surface area contributed by atoms with E-state index in [-0.39, 0.29) is 0 Å². The highest BCUT2D eigenvalue weighted by Crippen LogP contribution is 2.20. The SMILES string of the molecule is CCCNS(=O)(=O)Nc1cccc(N)c1C. The van der Waals surface area contributed by atoms with Crippen molar-refractivity contribution in [1.29, 1.82) is 0 Å². The summed E-state index contributed by atoms with van der Waals surface area (Å²) in [6, 6.07) is 5.11. The van der Waals surface area contributed by atoms with Crippen LogP contribution in [0.1, 0.15) is 18.9 Å². The van der Waals surface area contributed by atoms with Crippen LogP contribution in [0.2, 0.25) is 0 Å². The molecule has 5 nitrogen and oxygen atoms in total. The fourth-order valence-electron chi connectivity index (χ4n) is 1.18. The molecule has 0 bridgehead atoms. The zero-order valence-corrected chi connectivity index (χ0v) is 10.3. The quantitative estimate of drug-likeness (QED) is 0.680. The van der Waals surface area contributed by atoms with Gasteiger partial charge in [0.15, 0.2) is 0 Å². The van der Waals surface area contributed by atoms with Crippen LogP contribution in [0, 0.1) is 6.92 Å². The molecule has 0 atom stereocenters. The van der Waals surface area contributed by atoms with Crippen LogP contribution in [0.4, 0.5) is 11.4 Å². The van der Waals surface area contributed by atoms with Gasteiger partial charge in [0.25, 0.3) is 10.2 Å². The maximum atomic E-state index is 11.6. The summed E-state index contributed by atoms with van der Waals surface area (Å²) in [5.74, 6) is 0. The van der Waals surface area contributed by atoms with Gasteiger partial charge in [-0.15, -0.1) is 0 Å². The standard InChI is InChI=1S/C10H17N3O2S/c1-3-7-12-16(14,15)13-10-6-4-5-9(11)8(10)2/h4-6,12-13H,3,7,11H2,1-2H3. The Kier molecular flexibility index (Phi) is 4.14. The Balaban J connectivity index is 2.84. The molecule has 0 radical (unpaired) electrons. The van der Waals surface area contributed by atoms with Crippen LogP contribution in [0.5, 0.6) is 0 Å². The number of nitrogens with two attached hydrogens (primary N) is 1. The van der Waals surface area contributed by atoms with Gasteiger partial charge in [0.1, 0.15) is 0 Å². The molecule has 0 amide bonds. The molecule has 90 valence electrons. The van der Waals surface area contributed by atoms with E-state index >= 15 is 0 Å². The van der Waals surface area contributed by atoms with E-state index in [0.29, 0.717) is 17.9 Å². The van der Waals surface area contributed by atoms with E-state index in [1.807, 2.05) is 6.92 Å². The molecular formula is C10H17N3O2S. The molecule has 0 unspecified atom stereocenters. The van der Waals surface area contributed by atoms with Gasteiger partial charge in [-0.1, -0.05) is 13.0 Å². The van der Waals surface area contributed by atoms with Gasteiger partial charge in [0.05, 0.1) is 5.69 Å². The number of nitrogens with one attached hydrogen (secondary N) is 2. The lowest BCUT2D eigenvalue weighted by molar-refractivity contribution is 0.586. The topological polar surface area (TPSA) is 84.2 Å². The Bertz CT molecular complexity index is 457. The minimum absolute atomic E-state index is 0.413. The highest BCUT2D eigenvalue weighted by Gasteiger charge is 2.10. The number of hydrogen-bond acceptors (Lipinski definition) is 3. The van der Waals surface area contributed by atoms with Crippen LogP contribution in [0.25, 0.3) is 0 Å². The van der Waals surface area contributed by atoms with Crippen LogP contribution in [-0.4, -0.2) is 15.0 Å². The number of anilines is 2. The minimum atomic E-state index is -3.49. The van der Waals surface area contributed by atoms with E-state index in [9.17, 15) is 8.42 Å². The lowest BCUT2D eigenvalue weighted by Crippen LogP contribution is -2.30. The molecule has 1 aromatic rings. The fraction of sp³-hybridized carbons (Fsp3) is 0.400. The Morgan fingerprint density at radius 3 is 2.69 bits per heavy atom. The maximum Gasteiger partial charge on any atom is 0.299 e. The molecule has 4 N–H and O–H groups in total. The summed E-state index contributed by atoms with van der Waals surface area (Å²) < 4.78 is 28.0. The van der Waals surface area contributed by atoms with Gasteiger partial charge < -0.3 is 5.73 Å². The normalized spacial score (nSPS) is 11.4. The van der Waals surface area contributed by atoms with Crippen molar-refractivity contribution in [2.24, 2.45) is 0 Å². The van der Waals surface area contributed by atoms with E-state index in [2.05, 4.69) is 9.44 Å². The van der Waals surface area contributed by atoms with Crippen molar-refractivity contribution in [1.82, 2.24) is 4.72 Å². The van der Waals surface area contributed by atoms with Crippen LogP contribution in [0.15, 0.2) is 18.2 Å². The highest BCUT2D eigenvalue weighted by atomic mass is 32.2. The summed E-state index contributed by atoms with van der Waals surface area (Å²) in [6.45, 7) is 4.08. The Morgan fingerprint density at radius 1 is 1.38 bits per heavy atom. The smallest absolute Gasteiger partial charge is 0.299 e. The monoisotopic (exact) mass is 243 g/mol. The van der Waals surface area contributed by atoms with Crippen molar-refractivity contribution in [3.05, 3.63) is 23.8 Å². The predicted molar refractivity (Wildman–Crippen MR) is 66.4 cm³/mol. The van der Waals surface area contributed by atoms with Gasteiger partial charge in [-0.05, 0) is 31.0 Å². The van der Waals surface area contributed by atoms with Crippen molar-refractivity contribution < 1.29 is 8.42 Å². The Morgan fingerprint density at radius 2 is 2.06 bits per heavy atom. The van der Waals surface area contributed by atoms with Crippen molar-refractivity contribution in [2.75, 3.05) is 17.0 Å². The second-order valence-corrected chi connectivity index (χ2v) is 5.02. The van der Waals surface area contributed by atoms with E-state index < -0.39 is 10.2 Å². The first-order chi connectivity index (χ1) is 7.46. The summed E-state index contributed by atoms with van der Waals surface area (Å²) in [7, 11) is -3.49. The predicted octanol–water partition coefficient (Wildman–Crippen LogP) is 1.23. The highest BCUT2D eigenvalue weighted by molar-refractivity contribution is 7.90. The van der Waals surface area contributed by atoms with Gasteiger partial charge in [-0.2, -0.15) is 13.1 Å². The van der Waals surface area contributed by atoms with Gasteiger partial charge in [-0.3, -0.25) is 4.72 Å². The molecule has 1 aromatic carbocycles. The minimum Gasteiger partial charge on any atom is -0.398 e. The molecule has 1 rings (SSSR count). The largest absolute Gasteiger partial charge is 0.398 e. The van der Waals surface area contributed by atoms with Crippen molar-refractivity contribution in [2.45, 2.75) is 20.3 Å². The summed E-state index contributed by atoms with van der Waals surface area (Å²) >= 11 is 0. The molecule has 0 aliphatic rings. The number of hydrogen-bond donors (Lipinski definition) is 3. The summed E-state index contributed by atoms with van der Waals surface area (Å²) in [5, 5.41) is 0.